The molecule has 2 aliphatic rings. The summed E-state index contributed by atoms with van der Waals surface area (Å²) in [7, 11) is 0. The van der Waals surface area contributed by atoms with Crippen LogP contribution in [0.5, 0.6) is 5.75 Å². The van der Waals surface area contributed by atoms with E-state index in [0.717, 1.165) is 29.8 Å². The SMILES string of the molecule is Cc1ccc2c(c1)N(C(=O)C1CC1)CC(C)O2. The van der Waals surface area contributed by atoms with Gasteiger partial charge in [0, 0.05) is 5.92 Å². The number of hydrogen-bond acceptors (Lipinski definition) is 2. The lowest BCUT2D eigenvalue weighted by molar-refractivity contribution is -0.120. The maximum Gasteiger partial charge on any atom is 0.230 e. The normalized spacial score (nSPS) is 22.9. The fourth-order valence-corrected chi connectivity index (χ4v) is 2.31. The van der Waals surface area contributed by atoms with Gasteiger partial charge in [-0.1, -0.05) is 6.07 Å². The summed E-state index contributed by atoms with van der Waals surface area (Å²) in [4.78, 5) is 14.2. The molecular weight excluding hydrogens is 214 g/mol. The predicted octanol–water partition coefficient (Wildman–Crippen LogP) is 2.52. The summed E-state index contributed by atoms with van der Waals surface area (Å²) < 4.78 is 5.77. The molecule has 0 bridgehead atoms. The average molecular weight is 231 g/mol. The molecule has 90 valence electrons. The molecule has 1 heterocycles. The fourth-order valence-electron chi connectivity index (χ4n) is 2.31. The van der Waals surface area contributed by atoms with Gasteiger partial charge in [0.25, 0.3) is 0 Å². The van der Waals surface area contributed by atoms with Crippen LogP contribution in [0, 0.1) is 12.8 Å². The highest BCUT2D eigenvalue weighted by atomic mass is 16.5. The van der Waals surface area contributed by atoms with Gasteiger partial charge in [0.05, 0.1) is 12.2 Å². The Labute approximate surface area is 101 Å². The number of fused-ring (bicyclic) bond motifs is 1. The predicted molar refractivity (Wildman–Crippen MR) is 66.3 cm³/mol. The molecule has 0 saturated heterocycles. The van der Waals surface area contributed by atoms with Gasteiger partial charge in [-0.15, -0.1) is 0 Å². The Balaban J connectivity index is 1.99. The smallest absolute Gasteiger partial charge is 0.230 e. The maximum atomic E-state index is 12.3. The quantitative estimate of drug-likeness (QED) is 0.743. The first-order valence-electron chi connectivity index (χ1n) is 6.24. The summed E-state index contributed by atoms with van der Waals surface area (Å²) in [6.45, 7) is 4.72. The second kappa shape index (κ2) is 3.76. The Bertz CT molecular complexity index is 465. The second-order valence-corrected chi connectivity index (χ2v) is 5.12. The van der Waals surface area contributed by atoms with Crippen molar-refractivity contribution in [1.82, 2.24) is 0 Å². The van der Waals surface area contributed by atoms with Gasteiger partial charge in [-0.3, -0.25) is 4.79 Å². The maximum absolute atomic E-state index is 12.3. The molecule has 17 heavy (non-hydrogen) atoms. The Morgan fingerprint density at radius 3 is 2.88 bits per heavy atom. The summed E-state index contributed by atoms with van der Waals surface area (Å²) >= 11 is 0. The molecule has 1 amide bonds. The van der Waals surface area contributed by atoms with Crippen LogP contribution in [0.2, 0.25) is 0 Å². The minimum atomic E-state index is 0.0768. The highest BCUT2D eigenvalue weighted by Gasteiger charge is 2.37. The van der Waals surface area contributed by atoms with Crippen LogP contribution in [0.3, 0.4) is 0 Å². The van der Waals surface area contributed by atoms with E-state index in [-0.39, 0.29) is 17.9 Å². The van der Waals surface area contributed by atoms with E-state index >= 15 is 0 Å². The third-order valence-corrected chi connectivity index (χ3v) is 3.37. The van der Waals surface area contributed by atoms with E-state index in [4.69, 9.17) is 4.74 Å². The molecule has 1 atom stereocenters. The van der Waals surface area contributed by atoms with Crippen molar-refractivity contribution in [1.29, 1.82) is 0 Å². The van der Waals surface area contributed by atoms with Gasteiger partial charge in [0.15, 0.2) is 0 Å². The largest absolute Gasteiger partial charge is 0.487 e. The standard InChI is InChI=1S/C14H17NO2/c1-9-3-6-13-12(7-9)15(8-10(2)17-13)14(16)11-4-5-11/h3,6-7,10-11H,4-5,8H2,1-2H3. The Morgan fingerprint density at radius 2 is 2.18 bits per heavy atom. The number of benzene rings is 1. The number of carbonyl (C=O) groups is 1. The molecule has 1 aromatic rings. The summed E-state index contributed by atoms with van der Waals surface area (Å²) in [5.41, 5.74) is 2.11. The van der Waals surface area contributed by atoms with E-state index < -0.39 is 0 Å². The number of nitrogens with zero attached hydrogens (tertiary/aromatic N) is 1. The van der Waals surface area contributed by atoms with Crippen molar-refractivity contribution < 1.29 is 9.53 Å². The van der Waals surface area contributed by atoms with Crippen molar-refractivity contribution in [2.75, 3.05) is 11.4 Å². The van der Waals surface area contributed by atoms with Crippen LogP contribution in [-0.2, 0) is 4.79 Å². The van der Waals surface area contributed by atoms with E-state index in [0.29, 0.717) is 6.54 Å². The van der Waals surface area contributed by atoms with Crippen LogP contribution in [0.4, 0.5) is 5.69 Å². The van der Waals surface area contributed by atoms with Gasteiger partial charge in [-0.2, -0.15) is 0 Å². The fraction of sp³-hybridized carbons (Fsp3) is 0.500. The van der Waals surface area contributed by atoms with Crippen LogP contribution in [0.15, 0.2) is 18.2 Å². The molecule has 1 aliphatic carbocycles. The number of rotatable bonds is 1. The van der Waals surface area contributed by atoms with Crippen LogP contribution < -0.4 is 9.64 Å². The zero-order valence-electron chi connectivity index (χ0n) is 10.3. The van der Waals surface area contributed by atoms with Crippen LogP contribution in [-0.4, -0.2) is 18.6 Å². The Morgan fingerprint density at radius 1 is 1.41 bits per heavy atom. The molecule has 1 aromatic carbocycles. The number of amides is 1. The molecule has 0 radical (unpaired) electrons. The molecule has 1 saturated carbocycles. The first-order chi connectivity index (χ1) is 8.15. The topological polar surface area (TPSA) is 29.5 Å². The molecular formula is C14H17NO2. The van der Waals surface area contributed by atoms with Gasteiger partial charge in [-0.25, -0.2) is 0 Å². The Kier molecular flexibility index (Phi) is 2.35. The van der Waals surface area contributed by atoms with Crippen molar-refractivity contribution in [3.05, 3.63) is 23.8 Å². The molecule has 0 spiro atoms. The number of anilines is 1. The van der Waals surface area contributed by atoms with Crippen molar-refractivity contribution >= 4 is 11.6 Å². The number of hydrogen-bond donors (Lipinski definition) is 0. The molecule has 3 heteroatoms. The number of carbonyl (C=O) groups excluding carboxylic acids is 1. The summed E-state index contributed by atoms with van der Waals surface area (Å²) in [6.07, 6.45) is 2.17. The second-order valence-electron chi connectivity index (χ2n) is 5.12. The summed E-state index contributed by atoms with van der Waals surface area (Å²) in [6, 6.07) is 6.03. The zero-order valence-corrected chi connectivity index (χ0v) is 10.3. The lowest BCUT2D eigenvalue weighted by atomic mass is 10.1. The van der Waals surface area contributed by atoms with Gasteiger partial charge in [0.2, 0.25) is 5.91 Å². The van der Waals surface area contributed by atoms with E-state index in [1.807, 2.05) is 36.9 Å². The van der Waals surface area contributed by atoms with Crippen molar-refractivity contribution in [3.63, 3.8) is 0 Å². The van der Waals surface area contributed by atoms with Crippen LogP contribution in [0.1, 0.15) is 25.3 Å². The van der Waals surface area contributed by atoms with E-state index in [9.17, 15) is 4.79 Å². The third kappa shape index (κ3) is 1.90. The first-order valence-corrected chi connectivity index (χ1v) is 6.24. The molecule has 0 aromatic heterocycles. The molecule has 0 N–H and O–H groups in total. The highest BCUT2D eigenvalue weighted by molar-refractivity contribution is 5.98. The van der Waals surface area contributed by atoms with Crippen molar-refractivity contribution in [2.24, 2.45) is 5.92 Å². The van der Waals surface area contributed by atoms with Crippen molar-refractivity contribution in [3.8, 4) is 5.75 Å². The Hall–Kier alpha value is -1.51. The van der Waals surface area contributed by atoms with E-state index in [1.54, 1.807) is 0 Å². The minimum absolute atomic E-state index is 0.0768. The third-order valence-electron chi connectivity index (χ3n) is 3.37. The van der Waals surface area contributed by atoms with Gasteiger partial charge in [0.1, 0.15) is 11.9 Å². The van der Waals surface area contributed by atoms with E-state index in [1.165, 1.54) is 0 Å². The lowest BCUT2D eigenvalue weighted by Crippen LogP contribution is -2.43. The summed E-state index contributed by atoms with van der Waals surface area (Å²) in [5, 5.41) is 0. The highest BCUT2D eigenvalue weighted by Crippen LogP contribution is 2.39. The lowest BCUT2D eigenvalue weighted by Gasteiger charge is -2.33. The molecule has 3 nitrogen and oxygen atoms in total. The van der Waals surface area contributed by atoms with Crippen molar-refractivity contribution in [2.45, 2.75) is 32.8 Å². The van der Waals surface area contributed by atoms with Gasteiger partial charge < -0.3 is 9.64 Å². The van der Waals surface area contributed by atoms with Crippen LogP contribution in [0.25, 0.3) is 0 Å². The molecule has 1 fully saturated rings. The molecule has 3 rings (SSSR count). The number of ether oxygens (including phenoxy) is 1. The molecule has 1 aliphatic heterocycles. The van der Waals surface area contributed by atoms with E-state index in [2.05, 4.69) is 0 Å². The first kappa shape index (κ1) is 10.6. The molecule has 1 unspecified atom stereocenters. The van der Waals surface area contributed by atoms with Crippen LogP contribution >= 0.6 is 0 Å². The summed E-state index contributed by atoms with van der Waals surface area (Å²) in [5.74, 6) is 1.36. The zero-order chi connectivity index (χ0) is 12.0. The average Bonchev–Trinajstić information content (AvgIpc) is 3.11. The minimum Gasteiger partial charge on any atom is -0.487 e. The monoisotopic (exact) mass is 231 g/mol. The van der Waals surface area contributed by atoms with Gasteiger partial charge >= 0.3 is 0 Å². The van der Waals surface area contributed by atoms with Gasteiger partial charge in [-0.05, 0) is 44.4 Å². The number of aryl methyl sites for hydroxylation is 1.